The normalized spacial score (nSPS) is 14.7. The molecule has 0 aliphatic rings. The van der Waals surface area contributed by atoms with Crippen molar-refractivity contribution in [1.29, 1.82) is 0 Å². The molecule has 0 aromatic heterocycles. The molecule has 0 aliphatic carbocycles. The summed E-state index contributed by atoms with van der Waals surface area (Å²) in [7, 11) is 0. The number of phenols is 1. The number of nitrogens with zero attached hydrogens (tertiary/aromatic N) is 1. The van der Waals surface area contributed by atoms with Crippen LogP contribution in [0, 0.1) is 5.92 Å². The molecule has 212 valence electrons. The van der Waals surface area contributed by atoms with Gasteiger partial charge in [0.2, 0.25) is 17.7 Å². The molecule has 1 rings (SSSR count). The summed E-state index contributed by atoms with van der Waals surface area (Å²) in [5, 5.41) is 36.1. The van der Waals surface area contributed by atoms with Gasteiger partial charge in [-0.2, -0.15) is 0 Å². The van der Waals surface area contributed by atoms with Gasteiger partial charge in [-0.3, -0.25) is 19.4 Å². The van der Waals surface area contributed by atoms with Crippen molar-refractivity contribution in [1.82, 2.24) is 16.0 Å². The number of hydrogen-bond acceptors (Lipinski definition) is 8. The van der Waals surface area contributed by atoms with Crippen LogP contribution in [0.5, 0.6) is 5.75 Å². The number of hydrogen-bond donors (Lipinski definition) is 9. The largest absolute Gasteiger partial charge is 0.508 e. The van der Waals surface area contributed by atoms with Gasteiger partial charge in [0.1, 0.15) is 23.9 Å². The number of aliphatic hydroxyl groups is 1. The van der Waals surface area contributed by atoms with Gasteiger partial charge in [-0.15, -0.1) is 0 Å². The van der Waals surface area contributed by atoms with Gasteiger partial charge in [0, 0.05) is 13.0 Å². The number of aliphatic imine (C=N–C) groups is 1. The zero-order chi connectivity index (χ0) is 28.8. The molecule has 0 bridgehead atoms. The number of benzene rings is 1. The Kier molecular flexibility index (Phi) is 13.6. The second-order valence-corrected chi connectivity index (χ2v) is 8.94. The van der Waals surface area contributed by atoms with Crippen molar-refractivity contribution in [2.24, 2.45) is 28.1 Å². The third-order valence-electron chi connectivity index (χ3n) is 5.91. The van der Waals surface area contributed by atoms with E-state index in [1.165, 1.54) is 24.3 Å². The van der Waals surface area contributed by atoms with E-state index in [9.17, 15) is 34.5 Å². The van der Waals surface area contributed by atoms with E-state index >= 15 is 0 Å². The molecular weight excluding hydrogens is 498 g/mol. The molecule has 0 fully saturated rings. The highest BCUT2D eigenvalue weighted by molar-refractivity contribution is 5.94. The molecule has 14 heteroatoms. The Balaban J connectivity index is 2.98. The maximum absolute atomic E-state index is 13.1. The highest BCUT2D eigenvalue weighted by atomic mass is 16.4. The predicted octanol–water partition coefficient (Wildman–Crippen LogP) is -2.11. The van der Waals surface area contributed by atoms with Crippen molar-refractivity contribution in [2.45, 2.75) is 63.7 Å². The molecule has 0 heterocycles. The van der Waals surface area contributed by atoms with Crippen LogP contribution in [0.4, 0.5) is 0 Å². The van der Waals surface area contributed by atoms with E-state index < -0.39 is 54.5 Å². The Morgan fingerprint density at radius 1 is 0.974 bits per heavy atom. The third kappa shape index (κ3) is 11.0. The number of aliphatic hydroxyl groups excluding tert-OH is 1. The van der Waals surface area contributed by atoms with E-state index in [0.717, 1.165) is 0 Å². The van der Waals surface area contributed by atoms with Crippen LogP contribution in [0.1, 0.15) is 38.7 Å². The Morgan fingerprint density at radius 2 is 1.55 bits per heavy atom. The number of rotatable bonds is 16. The number of amides is 3. The van der Waals surface area contributed by atoms with Gasteiger partial charge in [0.25, 0.3) is 0 Å². The number of carbonyl (C=O) groups is 4. The summed E-state index contributed by atoms with van der Waals surface area (Å²) in [5.41, 5.74) is 16.9. The number of nitrogens with one attached hydrogen (secondary N) is 3. The molecule has 5 unspecified atom stereocenters. The van der Waals surface area contributed by atoms with Gasteiger partial charge < -0.3 is 48.5 Å². The monoisotopic (exact) mass is 537 g/mol. The molecule has 0 radical (unpaired) electrons. The highest BCUT2D eigenvalue weighted by Gasteiger charge is 2.32. The fraction of sp³-hybridized carbons (Fsp3) is 0.542. The Hall–Kier alpha value is -3.91. The van der Waals surface area contributed by atoms with Crippen molar-refractivity contribution in [3.63, 3.8) is 0 Å². The third-order valence-corrected chi connectivity index (χ3v) is 5.91. The first kappa shape index (κ1) is 32.1. The molecule has 12 N–H and O–H groups in total. The average Bonchev–Trinajstić information content (AvgIpc) is 2.87. The van der Waals surface area contributed by atoms with Crippen LogP contribution in [0.2, 0.25) is 0 Å². The summed E-state index contributed by atoms with van der Waals surface area (Å²) in [4.78, 5) is 53.9. The number of carbonyl (C=O) groups excluding carboxylic acids is 3. The minimum Gasteiger partial charge on any atom is -0.508 e. The minimum absolute atomic E-state index is 0.000747. The van der Waals surface area contributed by atoms with Crippen molar-refractivity contribution in [3.05, 3.63) is 29.8 Å². The first-order chi connectivity index (χ1) is 17.9. The van der Waals surface area contributed by atoms with E-state index in [1.54, 1.807) is 13.8 Å². The fourth-order valence-electron chi connectivity index (χ4n) is 3.41. The van der Waals surface area contributed by atoms with Crippen LogP contribution < -0.4 is 33.2 Å². The zero-order valence-corrected chi connectivity index (χ0v) is 21.6. The lowest BCUT2D eigenvalue weighted by molar-refractivity contribution is -0.143. The van der Waals surface area contributed by atoms with Crippen molar-refractivity contribution < 1.29 is 34.5 Å². The molecular formula is C24H39N7O7. The van der Waals surface area contributed by atoms with Crippen LogP contribution in [0.3, 0.4) is 0 Å². The summed E-state index contributed by atoms with van der Waals surface area (Å²) in [6, 6.07) is 0.998. The van der Waals surface area contributed by atoms with Gasteiger partial charge in [-0.25, -0.2) is 4.79 Å². The molecule has 1 aromatic carbocycles. The number of aromatic hydroxyl groups is 1. The Bertz CT molecular complexity index is 967. The lowest BCUT2D eigenvalue weighted by Crippen LogP contribution is -2.59. The lowest BCUT2D eigenvalue weighted by atomic mass is 9.98. The van der Waals surface area contributed by atoms with Crippen molar-refractivity contribution in [2.75, 3.05) is 13.2 Å². The predicted molar refractivity (Wildman–Crippen MR) is 140 cm³/mol. The number of phenolic OH excluding ortho intramolecular Hbond substituents is 1. The summed E-state index contributed by atoms with van der Waals surface area (Å²) < 4.78 is 0. The molecule has 1 aromatic rings. The molecule has 0 saturated carbocycles. The molecule has 5 atom stereocenters. The van der Waals surface area contributed by atoms with Gasteiger partial charge in [0.15, 0.2) is 5.96 Å². The smallest absolute Gasteiger partial charge is 0.326 e. The number of guanidine groups is 1. The molecule has 0 aliphatic heterocycles. The van der Waals surface area contributed by atoms with Crippen molar-refractivity contribution >= 4 is 29.7 Å². The molecule has 3 amide bonds. The Labute approximate surface area is 221 Å². The second kappa shape index (κ2) is 16.0. The van der Waals surface area contributed by atoms with E-state index in [2.05, 4.69) is 20.9 Å². The molecule has 38 heavy (non-hydrogen) atoms. The quantitative estimate of drug-likeness (QED) is 0.0630. The maximum Gasteiger partial charge on any atom is 0.326 e. The van der Waals surface area contributed by atoms with Gasteiger partial charge >= 0.3 is 5.97 Å². The summed E-state index contributed by atoms with van der Waals surface area (Å²) >= 11 is 0. The second-order valence-electron chi connectivity index (χ2n) is 8.94. The first-order valence-corrected chi connectivity index (χ1v) is 12.2. The van der Waals surface area contributed by atoms with Gasteiger partial charge in [0.05, 0.1) is 12.6 Å². The summed E-state index contributed by atoms with van der Waals surface area (Å²) in [6.45, 7) is 2.93. The molecule has 0 saturated heterocycles. The number of nitrogens with two attached hydrogens (primary N) is 3. The molecule has 0 spiro atoms. The summed E-state index contributed by atoms with van der Waals surface area (Å²) in [5.74, 6) is -4.05. The van der Waals surface area contributed by atoms with Gasteiger partial charge in [-0.1, -0.05) is 32.4 Å². The number of carboxylic acid groups (broad SMARTS) is 1. The lowest BCUT2D eigenvalue weighted by Gasteiger charge is -2.26. The number of aliphatic carboxylic acids is 1. The van der Waals surface area contributed by atoms with E-state index in [0.29, 0.717) is 18.4 Å². The topological polar surface area (TPSA) is 255 Å². The van der Waals surface area contributed by atoms with E-state index in [-0.39, 0.29) is 37.0 Å². The van der Waals surface area contributed by atoms with E-state index in [1.807, 2.05) is 0 Å². The van der Waals surface area contributed by atoms with Crippen LogP contribution in [0.15, 0.2) is 29.3 Å². The standard InChI is InChI=1S/C24H39N7O7/c1-3-13(2)19(23(37)38)31-21(35)17(11-14-6-8-15(33)9-7-14)29-22(36)18(12-32)30-20(34)16(25)5-4-10-28-24(26)27/h6-9,13,16-19,32-33H,3-5,10-12,25H2,1-2H3,(H,29,36)(H,30,34)(H,31,35)(H,37,38)(H4,26,27,28). The number of carboxylic acids is 1. The van der Waals surface area contributed by atoms with Crippen LogP contribution >= 0.6 is 0 Å². The zero-order valence-electron chi connectivity index (χ0n) is 21.6. The fourth-order valence-corrected chi connectivity index (χ4v) is 3.41. The SMILES string of the molecule is CCC(C)C(NC(=O)C(Cc1ccc(O)cc1)NC(=O)C(CO)NC(=O)C(N)CCCN=C(N)N)C(=O)O. The highest BCUT2D eigenvalue weighted by Crippen LogP contribution is 2.13. The van der Waals surface area contributed by atoms with Crippen LogP contribution in [-0.4, -0.2) is 82.3 Å². The molecule has 14 nitrogen and oxygen atoms in total. The summed E-state index contributed by atoms with van der Waals surface area (Å²) in [6.07, 6.45) is 1.04. The van der Waals surface area contributed by atoms with Crippen molar-refractivity contribution in [3.8, 4) is 5.75 Å². The first-order valence-electron chi connectivity index (χ1n) is 12.2. The minimum atomic E-state index is -1.42. The Morgan fingerprint density at radius 3 is 2.08 bits per heavy atom. The van der Waals surface area contributed by atoms with Crippen LogP contribution in [-0.2, 0) is 25.6 Å². The van der Waals surface area contributed by atoms with Gasteiger partial charge in [-0.05, 0) is 36.5 Å². The van der Waals surface area contributed by atoms with Crippen LogP contribution in [0.25, 0.3) is 0 Å². The average molecular weight is 538 g/mol. The van der Waals surface area contributed by atoms with E-state index in [4.69, 9.17) is 17.2 Å². The maximum atomic E-state index is 13.1.